The molecule has 0 radical (unpaired) electrons. The minimum absolute atomic E-state index is 0.188. The Morgan fingerprint density at radius 1 is 1.03 bits per heavy atom. The van der Waals surface area contributed by atoms with Crippen LogP contribution in [-0.4, -0.2) is 20.9 Å². The van der Waals surface area contributed by atoms with Gasteiger partial charge >= 0.3 is 0 Å². The van der Waals surface area contributed by atoms with Crippen molar-refractivity contribution < 1.29 is 13.2 Å². The molecular weight excluding hydrogens is 500 g/mol. The third-order valence-corrected chi connectivity index (χ3v) is 7.87. The molecule has 0 fully saturated rings. The second kappa shape index (κ2) is 8.30. The van der Waals surface area contributed by atoms with Gasteiger partial charge in [0.1, 0.15) is 0 Å². The number of carbonyl (C=O) groups is 1. The molecule has 1 aliphatic heterocycles. The molecule has 0 saturated heterocycles. The van der Waals surface area contributed by atoms with Crippen LogP contribution in [0, 0.1) is 13.8 Å². The molecule has 0 unspecified atom stereocenters. The van der Waals surface area contributed by atoms with Gasteiger partial charge in [-0.25, -0.2) is 8.42 Å². The molecule has 0 saturated carbocycles. The van der Waals surface area contributed by atoms with Crippen LogP contribution in [0.15, 0.2) is 64.0 Å². The molecule has 1 N–H and O–H groups in total. The van der Waals surface area contributed by atoms with E-state index in [-0.39, 0.29) is 10.8 Å². The van der Waals surface area contributed by atoms with Crippen molar-refractivity contribution >= 4 is 54.8 Å². The highest BCUT2D eigenvalue weighted by molar-refractivity contribution is 9.10. The van der Waals surface area contributed by atoms with Crippen molar-refractivity contribution in [1.29, 1.82) is 0 Å². The Hall–Kier alpha value is -2.35. The monoisotopic (exact) mass is 518 g/mol. The van der Waals surface area contributed by atoms with Crippen LogP contribution in [0.25, 0.3) is 0 Å². The Labute approximate surface area is 195 Å². The van der Waals surface area contributed by atoms with E-state index in [0.717, 1.165) is 26.9 Å². The zero-order valence-electron chi connectivity index (χ0n) is 16.9. The molecule has 31 heavy (non-hydrogen) atoms. The van der Waals surface area contributed by atoms with Gasteiger partial charge in [0.05, 0.1) is 10.6 Å². The van der Waals surface area contributed by atoms with Gasteiger partial charge in [0, 0.05) is 27.3 Å². The lowest BCUT2D eigenvalue weighted by Crippen LogP contribution is -2.29. The number of sulfonamides is 1. The van der Waals surface area contributed by atoms with E-state index in [1.165, 1.54) is 16.4 Å². The maximum absolute atomic E-state index is 13.1. The molecule has 160 valence electrons. The lowest BCUT2D eigenvalue weighted by molar-refractivity contribution is 0.102. The molecule has 1 heterocycles. The van der Waals surface area contributed by atoms with Crippen LogP contribution in [0.4, 0.5) is 11.4 Å². The molecule has 0 aromatic heterocycles. The summed E-state index contributed by atoms with van der Waals surface area (Å²) < 4.78 is 28.5. The Morgan fingerprint density at radius 3 is 2.32 bits per heavy atom. The standard InChI is InChI=1S/C23H20BrClN2O3S/c1-14-11-18(24)12-15(2)22(14)26-23(28)17-3-8-21-16(13-17)9-10-27(21)31(29,30)20-6-4-19(25)5-7-20/h3-8,11-13H,9-10H2,1-2H3,(H,26,28). The summed E-state index contributed by atoms with van der Waals surface area (Å²) in [5.74, 6) is -0.227. The first-order valence-electron chi connectivity index (χ1n) is 9.66. The number of nitrogens with zero attached hydrogens (tertiary/aromatic N) is 1. The van der Waals surface area contributed by atoms with Crippen LogP contribution in [0.3, 0.4) is 0 Å². The molecular formula is C23H20BrClN2O3S. The molecule has 0 aliphatic carbocycles. The minimum Gasteiger partial charge on any atom is -0.322 e. The zero-order valence-corrected chi connectivity index (χ0v) is 20.1. The van der Waals surface area contributed by atoms with Gasteiger partial charge in [0.15, 0.2) is 0 Å². The fourth-order valence-electron chi connectivity index (χ4n) is 3.79. The highest BCUT2D eigenvalue weighted by Crippen LogP contribution is 2.34. The van der Waals surface area contributed by atoms with Crippen molar-refractivity contribution in [3.05, 3.63) is 86.3 Å². The molecule has 3 aromatic carbocycles. The second-order valence-electron chi connectivity index (χ2n) is 7.49. The van der Waals surface area contributed by atoms with Crippen molar-refractivity contribution in [2.45, 2.75) is 25.2 Å². The number of hydrogen-bond acceptors (Lipinski definition) is 3. The van der Waals surface area contributed by atoms with Gasteiger partial charge in [-0.3, -0.25) is 9.10 Å². The average molecular weight is 520 g/mol. The van der Waals surface area contributed by atoms with Gasteiger partial charge in [-0.15, -0.1) is 0 Å². The summed E-state index contributed by atoms with van der Waals surface area (Å²) in [7, 11) is -3.70. The number of hydrogen-bond donors (Lipinski definition) is 1. The van der Waals surface area contributed by atoms with E-state index in [1.807, 2.05) is 26.0 Å². The summed E-state index contributed by atoms with van der Waals surface area (Å²) in [4.78, 5) is 13.1. The van der Waals surface area contributed by atoms with Gasteiger partial charge in [0.25, 0.3) is 15.9 Å². The SMILES string of the molecule is Cc1cc(Br)cc(C)c1NC(=O)c1ccc2c(c1)CCN2S(=O)(=O)c1ccc(Cl)cc1. The van der Waals surface area contributed by atoms with Crippen molar-refractivity contribution in [2.24, 2.45) is 0 Å². The highest BCUT2D eigenvalue weighted by Gasteiger charge is 2.31. The van der Waals surface area contributed by atoms with Gasteiger partial charge in [0.2, 0.25) is 0 Å². The molecule has 1 aliphatic rings. The van der Waals surface area contributed by atoms with Crippen molar-refractivity contribution in [3.8, 4) is 0 Å². The molecule has 0 bridgehead atoms. The lowest BCUT2D eigenvalue weighted by atomic mass is 10.1. The van der Waals surface area contributed by atoms with Crippen LogP contribution in [-0.2, 0) is 16.4 Å². The first-order chi connectivity index (χ1) is 14.7. The minimum atomic E-state index is -3.70. The quantitative estimate of drug-likeness (QED) is 0.479. The van der Waals surface area contributed by atoms with E-state index in [9.17, 15) is 13.2 Å². The molecule has 0 atom stereocenters. The zero-order chi connectivity index (χ0) is 22.3. The van der Waals surface area contributed by atoms with E-state index >= 15 is 0 Å². The summed E-state index contributed by atoms with van der Waals surface area (Å²) in [5, 5.41) is 3.46. The number of nitrogens with one attached hydrogen (secondary N) is 1. The average Bonchev–Trinajstić information content (AvgIpc) is 3.15. The molecule has 4 rings (SSSR count). The number of benzene rings is 3. The van der Waals surface area contributed by atoms with Crippen LogP contribution < -0.4 is 9.62 Å². The molecule has 5 nitrogen and oxygen atoms in total. The molecule has 0 spiro atoms. The van der Waals surface area contributed by atoms with Gasteiger partial charge in [-0.2, -0.15) is 0 Å². The fourth-order valence-corrected chi connectivity index (χ4v) is 6.11. The first-order valence-corrected chi connectivity index (χ1v) is 12.3. The van der Waals surface area contributed by atoms with Crippen molar-refractivity contribution in [1.82, 2.24) is 0 Å². The Morgan fingerprint density at radius 2 is 1.68 bits per heavy atom. The predicted octanol–water partition coefficient (Wildman–Crippen LogP) is 5.72. The van der Waals surface area contributed by atoms with Crippen LogP contribution >= 0.6 is 27.5 Å². The first kappa shape index (κ1) is 21.9. The number of amides is 1. The summed E-state index contributed by atoms with van der Waals surface area (Å²) in [6.07, 6.45) is 0.541. The normalized spacial score (nSPS) is 13.2. The third-order valence-electron chi connectivity index (χ3n) is 5.33. The highest BCUT2D eigenvalue weighted by atomic mass is 79.9. The van der Waals surface area contributed by atoms with E-state index in [0.29, 0.717) is 29.2 Å². The van der Waals surface area contributed by atoms with Crippen LogP contribution in [0.5, 0.6) is 0 Å². The van der Waals surface area contributed by atoms with Gasteiger partial charge < -0.3 is 5.32 Å². The van der Waals surface area contributed by atoms with Crippen LogP contribution in [0.1, 0.15) is 27.0 Å². The lowest BCUT2D eigenvalue weighted by Gasteiger charge is -2.20. The number of rotatable bonds is 4. The molecule has 8 heteroatoms. The number of fused-ring (bicyclic) bond motifs is 1. The molecule has 1 amide bonds. The maximum atomic E-state index is 13.1. The second-order valence-corrected chi connectivity index (χ2v) is 10.7. The number of halogens is 2. The topological polar surface area (TPSA) is 66.5 Å². The smallest absolute Gasteiger partial charge is 0.264 e. The van der Waals surface area contributed by atoms with Crippen molar-refractivity contribution in [2.75, 3.05) is 16.2 Å². The van der Waals surface area contributed by atoms with Gasteiger partial charge in [-0.1, -0.05) is 27.5 Å². The summed E-state index contributed by atoms with van der Waals surface area (Å²) >= 11 is 9.35. The predicted molar refractivity (Wildman–Crippen MR) is 128 cm³/mol. The Kier molecular flexibility index (Phi) is 5.85. The van der Waals surface area contributed by atoms with E-state index in [4.69, 9.17) is 11.6 Å². The van der Waals surface area contributed by atoms with Gasteiger partial charge in [-0.05, 0) is 91.6 Å². The Bertz CT molecular complexity index is 1270. The van der Waals surface area contributed by atoms with Crippen LogP contribution in [0.2, 0.25) is 5.02 Å². The van der Waals surface area contributed by atoms with Crippen molar-refractivity contribution in [3.63, 3.8) is 0 Å². The number of carbonyl (C=O) groups excluding carboxylic acids is 1. The van der Waals surface area contributed by atoms with E-state index in [2.05, 4.69) is 21.2 Å². The summed E-state index contributed by atoms with van der Waals surface area (Å²) in [5.41, 5.74) is 4.62. The van der Waals surface area contributed by atoms with E-state index in [1.54, 1.807) is 30.3 Å². The van der Waals surface area contributed by atoms with E-state index < -0.39 is 10.0 Å². The summed E-state index contributed by atoms with van der Waals surface area (Å²) in [6, 6.07) is 15.2. The maximum Gasteiger partial charge on any atom is 0.264 e. The third kappa shape index (κ3) is 4.22. The Balaban J connectivity index is 1.60. The molecule has 3 aromatic rings. The number of aryl methyl sites for hydroxylation is 2. The fraction of sp³-hybridized carbons (Fsp3) is 0.174. The summed E-state index contributed by atoms with van der Waals surface area (Å²) in [6.45, 7) is 4.21. The number of anilines is 2. The largest absolute Gasteiger partial charge is 0.322 e.